The van der Waals surface area contributed by atoms with E-state index in [1.165, 1.54) is 22.5 Å². The SMILES string of the molecule is O=[N+]([O-])c1ccccc1CS(=O)(=O)N1CCC(CO)C1. The Morgan fingerprint density at radius 2 is 2.10 bits per heavy atom. The van der Waals surface area contributed by atoms with Gasteiger partial charge in [-0.15, -0.1) is 0 Å². The highest BCUT2D eigenvalue weighted by Crippen LogP contribution is 2.25. The molecule has 7 nitrogen and oxygen atoms in total. The maximum Gasteiger partial charge on any atom is 0.273 e. The van der Waals surface area contributed by atoms with Gasteiger partial charge in [-0.05, 0) is 12.3 Å². The molecule has 0 radical (unpaired) electrons. The zero-order valence-electron chi connectivity index (χ0n) is 10.8. The quantitative estimate of drug-likeness (QED) is 0.638. The number of para-hydroxylation sites is 1. The molecule has 1 aliphatic heterocycles. The van der Waals surface area contributed by atoms with Crippen LogP contribution in [0.5, 0.6) is 0 Å². The predicted octanol–water partition coefficient (Wildman–Crippen LogP) is 0.739. The predicted molar refractivity (Wildman–Crippen MR) is 72.5 cm³/mol. The van der Waals surface area contributed by atoms with Crippen LogP contribution < -0.4 is 0 Å². The van der Waals surface area contributed by atoms with E-state index < -0.39 is 14.9 Å². The van der Waals surface area contributed by atoms with Crippen molar-refractivity contribution in [2.75, 3.05) is 19.7 Å². The van der Waals surface area contributed by atoms with Crippen molar-refractivity contribution in [3.63, 3.8) is 0 Å². The van der Waals surface area contributed by atoms with Gasteiger partial charge in [0.15, 0.2) is 0 Å². The standard InChI is InChI=1S/C12H16N2O5S/c15-8-10-5-6-13(7-10)20(18,19)9-11-3-1-2-4-12(11)14(16)17/h1-4,10,15H,5-9H2. The van der Waals surface area contributed by atoms with E-state index in [1.807, 2.05) is 0 Å². The summed E-state index contributed by atoms with van der Waals surface area (Å²) in [7, 11) is -3.59. The molecule has 1 unspecified atom stereocenters. The van der Waals surface area contributed by atoms with Crippen LogP contribution in [0, 0.1) is 16.0 Å². The minimum Gasteiger partial charge on any atom is -0.396 e. The first-order valence-electron chi connectivity index (χ1n) is 6.25. The Morgan fingerprint density at radius 1 is 1.40 bits per heavy atom. The van der Waals surface area contributed by atoms with Gasteiger partial charge in [0.25, 0.3) is 5.69 Å². The summed E-state index contributed by atoms with van der Waals surface area (Å²) in [5.74, 6) is -0.432. The number of hydrogen-bond acceptors (Lipinski definition) is 5. The Hall–Kier alpha value is -1.51. The number of aliphatic hydroxyl groups is 1. The van der Waals surface area contributed by atoms with Crippen molar-refractivity contribution in [3.8, 4) is 0 Å². The second-order valence-corrected chi connectivity index (χ2v) is 6.81. The molecule has 0 aliphatic carbocycles. The summed E-state index contributed by atoms with van der Waals surface area (Å²) in [6.45, 7) is 0.588. The first-order chi connectivity index (χ1) is 9.44. The third-order valence-electron chi connectivity index (χ3n) is 3.43. The third-order valence-corrected chi connectivity index (χ3v) is 5.22. The zero-order valence-corrected chi connectivity index (χ0v) is 11.6. The molecular weight excluding hydrogens is 284 g/mol. The molecule has 1 fully saturated rings. The van der Waals surface area contributed by atoms with Gasteiger partial charge in [-0.25, -0.2) is 12.7 Å². The van der Waals surface area contributed by atoms with E-state index in [4.69, 9.17) is 5.11 Å². The van der Waals surface area contributed by atoms with E-state index in [9.17, 15) is 18.5 Å². The van der Waals surface area contributed by atoms with Crippen LogP contribution in [-0.2, 0) is 15.8 Å². The van der Waals surface area contributed by atoms with Crippen LogP contribution in [0.4, 0.5) is 5.69 Å². The summed E-state index contributed by atoms with van der Waals surface area (Å²) < 4.78 is 25.8. The van der Waals surface area contributed by atoms with Crippen LogP contribution in [-0.4, -0.2) is 42.4 Å². The van der Waals surface area contributed by atoms with Gasteiger partial charge in [-0.3, -0.25) is 10.1 Å². The molecule has 1 N–H and O–H groups in total. The van der Waals surface area contributed by atoms with Crippen LogP contribution in [0.3, 0.4) is 0 Å². The largest absolute Gasteiger partial charge is 0.396 e. The Labute approximate surface area is 117 Å². The summed E-state index contributed by atoms with van der Waals surface area (Å²) in [5.41, 5.74) is -0.000992. The van der Waals surface area contributed by atoms with Gasteiger partial charge in [0.1, 0.15) is 0 Å². The molecule has 0 saturated carbocycles. The molecule has 0 aromatic heterocycles. The Kier molecular flexibility index (Phi) is 4.36. The summed E-state index contributed by atoms with van der Waals surface area (Å²) in [5, 5.41) is 19.9. The fourth-order valence-corrected chi connectivity index (χ4v) is 3.94. The Balaban J connectivity index is 2.19. The second kappa shape index (κ2) is 5.86. The molecule has 20 heavy (non-hydrogen) atoms. The fraction of sp³-hybridized carbons (Fsp3) is 0.500. The van der Waals surface area contributed by atoms with Crippen LogP contribution in [0.15, 0.2) is 24.3 Å². The molecule has 0 bridgehead atoms. The summed E-state index contributed by atoms with van der Waals surface area (Å²) in [6.07, 6.45) is 0.618. The van der Waals surface area contributed by atoms with Crippen molar-refractivity contribution in [3.05, 3.63) is 39.9 Å². The second-order valence-electron chi connectivity index (χ2n) is 4.84. The number of benzene rings is 1. The average Bonchev–Trinajstić information content (AvgIpc) is 2.88. The number of nitro benzene ring substituents is 1. The lowest BCUT2D eigenvalue weighted by Crippen LogP contribution is -2.30. The number of aliphatic hydroxyl groups excluding tert-OH is 1. The topological polar surface area (TPSA) is 101 Å². The molecule has 1 saturated heterocycles. The number of nitro groups is 1. The van der Waals surface area contributed by atoms with Gasteiger partial charge in [0.05, 0.1) is 10.7 Å². The highest BCUT2D eigenvalue weighted by atomic mass is 32.2. The van der Waals surface area contributed by atoms with Gasteiger partial charge in [-0.2, -0.15) is 0 Å². The zero-order chi connectivity index (χ0) is 14.8. The van der Waals surface area contributed by atoms with E-state index in [0.717, 1.165) is 0 Å². The van der Waals surface area contributed by atoms with Gasteiger partial charge in [0.2, 0.25) is 10.0 Å². The summed E-state index contributed by atoms with van der Waals surface area (Å²) >= 11 is 0. The first-order valence-corrected chi connectivity index (χ1v) is 7.86. The number of hydrogen-bond donors (Lipinski definition) is 1. The Bertz CT molecular complexity index is 602. The van der Waals surface area contributed by atoms with Crippen LogP contribution in [0.2, 0.25) is 0 Å². The van der Waals surface area contributed by atoms with Crippen molar-refractivity contribution in [1.82, 2.24) is 4.31 Å². The molecule has 1 aliphatic rings. The van der Waals surface area contributed by atoms with E-state index in [2.05, 4.69) is 0 Å². The molecule has 0 amide bonds. The monoisotopic (exact) mass is 300 g/mol. The minimum atomic E-state index is -3.59. The summed E-state index contributed by atoms with van der Waals surface area (Å²) in [4.78, 5) is 10.3. The van der Waals surface area contributed by atoms with E-state index >= 15 is 0 Å². The minimum absolute atomic E-state index is 0.0441. The fourth-order valence-electron chi connectivity index (χ4n) is 2.30. The van der Waals surface area contributed by atoms with Gasteiger partial charge in [-0.1, -0.05) is 18.2 Å². The molecule has 1 atom stereocenters. The van der Waals surface area contributed by atoms with E-state index in [0.29, 0.717) is 13.0 Å². The molecule has 1 aromatic carbocycles. The highest BCUT2D eigenvalue weighted by Gasteiger charge is 2.32. The van der Waals surface area contributed by atoms with Crippen molar-refractivity contribution in [2.24, 2.45) is 5.92 Å². The van der Waals surface area contributed by atoms with Gasteiger partial charge in [0, 0.05) is 31.3 Å². The maximum atomic E-state index is 12.3. The van der Waals surface area contributed by atoms with Crippen molar-refractivity contribution >= 4 is 15.7 Å². The van der Waals surface area contributed by atoms with E-state index in [-0.39, 0.29) is 36.1 Å². The van der Waals surface area contributed by atoms with Gasteiger partial charge >= 0.3 is 0 Å². The first kappa shape index (κ1) is 14.9. The lowest BCUT2D eigenvalue weighted by atomic mass is 10.1. The third kappa shape index (κ3) is 3.14. The van der Waals surface area contributed by atoms with Crippen LogP contribution in [0.1, 0.15) is 12.0 Å². The van der Waals surface area contributed by atoms with Crippen LogP contribution >= 0.6 is 0 Å². The highest BCUT2D eigenvalue weighted by molar-refractivity contribution is 7.88. The molecule has 110 valence electrons. The maximum absolute atomic E-state index is 12.3. The van der Waals surface area contributed by atoms with Crippen LogP contribution in [0.25, 0.3) is 0 Å². The molecule has 0 spiro atoms. The lowest BCUT2D eigenvalue weighted by molar-refractivity contribution is -0.385. The molecule has 2 rings (SSSR count). The number of rotatable bonds is 5. The Morgan fingerprint density at radius 3 is 2.70 bits per heavy atom. The molecule has 1 heterocycles. The average molecular weight is 300 g/mol. The van der Waals surface area contributed by atoms with Crippen molar-refractivity contribution < 1.29 is 18.4 Å². The normalized spacial score (nSPS) is 20.1. The van der Waals surface area contributed by atoms with Crippen molar-refractivity contribution in [2.45, 2.75) is 12.2 Å². The molecular formula is C12H16N2O5S. The molecule has 1 aromatic rings. The number of nitrogens with zero attached hydrogens (tertiary/aromatic N) is 2. The van der Waals surface area contributed by atoms with Gasteiger partial charge < -0.3 is 5.11 Å². The number of sulfonamides is 1. The molecule has 8 heteroatoms. The smallest absolute Gasteiger partial charge is 0.273 e. The lowest BCUT2D eigenvalue weighted by Gasteiger charge is -2.16. The van der Waals surface area contributed by atoms with Crippen molar-refractivity contribution in [1.29, 1.82) is 0 Å². The van der Waals surface area contributed by atoms with E-state index in [1.54, 1.807) is 6.07 Å². The summed E-state index contributed by atoms with van der Waals surface area (Å²) in [6, 6.07) is 5.84.